The van der Waals surface area contributed by atoms with Crippen molar-refractivity contribution in [1.29, 1.82) is 0 Å². The molecule has 0 spiro atoms. The van der Waals surface area contributed by atoms with Crippen LogP contribution in [0, 0.1) is 3.57 Å². The van der Waals surface area contributed by atoms with Crippen LogP contribution in [0.2, 0.25) is 0 Å². The van der Waals surface area contributed by atoms with Crippen LogP contribution in [0.1, 0.15) is 43.4 Å². The molecule has 0 saturated carbocycles. The van der Waals surface area contributed by atoms with Crippen LogP contribution in [0.15, 0.2) is 47.2 Å². The highest BCUT2D eigenvalue weighted by molar-refractivity contribution is 14.1. The summed E-state index contributed by atoms with van der Waals surface area (Å²) >= 11 is 6.08. The van der Waals surface area contributed by atoms with E-state index in [4.69, 9.17) is 0 Å². The molecule has 112 valence electrons. The summed E-state index contributed by atoms with van der Waals surface area (Å²) in [7, 11) is 0. The summed E-state index contributed by atoms with van der Waals surface area (Å²) in [6.07, 6.45) is 4.86. The lowest BCUT2D eigenvalue weighted by atomic mass is 9.89. The Kier molecular flexibility index (Phi) is 6.64. The van der Waals surface area contributed by atoms with Crippen LogP contribution in [0.4, 0.5) is 0 Å². The molecule has 0 bridgehead atoms. The lowest BCUT2D eigenvalue weighted by Gasteiger charge is -2.27. The van der Waals surface area contributed by atoms with E-state index in [0.717, 1.165) is 17.4 Å². The molecule has 21 heavy (non-hydrogen) atoms. The monoisotopic (exact) mass is 458 g/mol. The van der Waals surface area contributed by atoms with E-state index in [1.54, 1.807) is 0 Å². The Bertz CT molecular complexity index is 574. The molecule has 0 saturated heterocycles. The second-order valence-electron chi connectivity index (χ2n) is 5.17. The van der Waals surface area contributed by atoms with E-state index in [2.05, 4.69) is 93.0 Å². The molecule has 2 aromatic rings. The molecular weight excluding hydrogens is 439 g/mol. The number of hydrogen-bond acceptors (Lipinski definition) is 2. The number of nitrogens with zero attached hydrogens (tertiary/aromatic N) is 1. The Morgan fingerprint density at radius 3 is 2.62 bits per heavy atom. The maximum atomic E-state index is 4.12. The molecule has 2 unspecified atom stereocenters. The quantitative estimate of drug-likeness (QED) is 0.594. The van der Waals surface area contributed by atoms with Crippen molar-refractivity contribution >= 4 is 38.5 Å². The van der Waals surface area contributed by atoms with Gasteiger partial charge in [-0.3, -0.25) is 4.98 Å². The van der Waals surface area contributed by atoms with Crippen molar-refractivity contribution in [3.05, 3.63) is 61.9 Å². The van der Waals surface area contributed by atoms with Gasteiger partial charge < -0.3 is 5.32 Å². The minimum Gasteiger partial charge on any atom is -0.309 e. The van der Waals surface area contributed by atoms with Gasteiger partial charge >= 0.3 is 0 Å². The number of nitrogens with one attached hydrogen (secondary N) is 1. The molecule has 1 heterocycles. The van der Waals surface area contributed by atoms with E-state index in [1.165, 1.54) is 14.7 Å². The van der Waals surface area contributed by atoms with Crippen LogP contribution in [0.5, 0.6) is 0 Å². The SMILES string of the molecule is CCCNC(c1cc(I)ccc1Br)C(C)c1ccncc1. The fraction of sp³-hybridized carbons (Fsp3) is 0.353. The zero-order valence-corrected chi connectivity index (χ0v) is 16.1. The minimum absolute atomic E-state index is 0.288. The van der Waals surface area contributed by atoms with Crippen LogP contribution in [-0.2, 0) is 0 Å². The van der Waals surface area contributed by atoms with E-state index in [9.17, 15) is 0 Å². The zero-order valence-electron chi connectivity index (χ0n) is 12.3. The highest BCUT2D eigenvalue weighted by atomic mass is 127. The molecule has 1 N–H and O–H groups in total. The minimum atomic E-state index is 0.288. The topological polar surface area (TPSA) is 24.9 Å². The van der Waals surface area contributed by atoms with Crippen molar-refractivity contribution < 1.29 is 0 Å². The largest absolute Gasteiger partial charge is 0.309 e. The zero-order chi connectivity index (χ0) is 15.2. The molecule has 0 aliphatic heterocycles. The Balaban J connectivity index is 2.36. The molecular formula is C17H20BrIN2. The van der Waals surface area contributed by atoms with Crippen LogP contribution in [0.25, 0.3) is 0 Å². The molecule has 0 aliphatic carbocycles. The van der Waals surface area contributed by atoms with Gasteiger partial charge in [0.25, 0.3) is 0 Å². The van der Waals surface area contributed by atoms with Crippen molar-refractivity contribution in [3.8, 4) is 0 Å². The summed E-state index contributed by atoms with van der Waals surface area (Å²) in [5, 5.41) is 3.70. The highest BCUT2D eigenvalue weighted by Gasteiger charge is 2.22. The van der Waals surface area contributed by atoms with Crippen molar-refractivity contribution in [2.24, 2.45) is 0 Å². The van der Waals surface area contributed by atoms with Crippen molar-refractivity contribution in [2.45, 2.75) is 32.2 Å². The number of hydrogen-bond donors (Lipinski definition) is 1. The fourth-order valence-corrected chi connectivity index (χ4v) is 3.48. The summed E-state index contributed by atoms with van der Waals surface area (Å²) in [6, 6.07) is 11.0. The molecule has 2 rings (SSSR count). The molecule has 2 nitrogen and oxygen atoms in total. The van der Waals surface area contributed by atoms with Gasteiger partial charge in [-0.25, -0.2) is 0 Å². The van der Waals surface area contributed by atoms with Gasteiger partial charge in [0.05, 0.1) is 0 Å². The molecule has 0 amide bonds. The smallest absolute Gasteiger partial charge is 0.0398 e. The molecule has 4 heteroatoms. The Morgan fingerprint density at radius 2 is 1.95 bits per heavy atom. The average Bonchev–Trinajstić information content (AvgIpc) is 2.51. The average molecular weight is 459 g/mol. The number of aromatic nitrogens is 1. The highest BCUT2D eigenvalue weighted by Crippen LogP contribution is 2.35. The summed E-state index contributed by atoms with van der Waals surface area (Å²) in [5.74, 6) is 0.383. The van der Waals surface area contributed by atoms with Crippen molar-refractivity contribution in [3.63, 3.8) is 0 Å². The Hall–Kier alpha value is -0.460. The number of benzene rings is 1. The van der Waals surface area contributed by atoms with Gasteiger partial charge in [0.15, 0.2) is 0 Å². The summed E-state index contributed by atoms with van der Waals surface area (Å²) in [6.45, 7) is 5.48. The number of pyridine rings is 1. The molecule has 0 aliphatic rings. The molecule has 1 aromatic carbocycles. The fourth-order valence-electron chi connectivity index (χ4n) is 2.47. The van der Waals surface area contributed by atoms with Crippen LogP contribution < -0.4 is 5.32 Å². The normalized spacial score (nSPS) is 13.9. The molecule has 0 fully saturated rings. The maximum absolute atomic E-state index is 4.12. The van der Waals surface area contributed by atoms with Crippen molar-refractivity contribution in [2.75, 3.05) is 6.54 Å². The third-order valence-corrected chi connectivity index (χ3v) is 5.03. The second-order valence-corrected chi connectivity index (χ2v) is 7.27. The van der Waals surface area contributed by atoms with E-state index in [0.29, 0.717) is 5.92 Å². The van der Waals surface area contributed by atoms with Gasteiger partial charge in [0.2, 0.25) is 0 Å². The molecule has 1 aromatic heterocycles. The van der Waals surface area contributed by atoms with Gasteiger partial charge in [-0.1, -0.05) is 29.8 Å². The van der Waals surface area contributed by atoms with Gasteiger partial charge in [-0.2, -0.15) is 0 Å². The Labute approximate surface area is 149 Å². The third-order valence-electron chi connectivity index (χ3n) is 3.64. The van der Waals surface area contributed by atoms with Gasteiger partial charge in [-0.15, -0.1) is 0 Å². The molecule has 0 radical (unpaired) electrons. The van der Waals surface area contributed by atoms with E-state index in [-0.39, 0.29) is 6.04 Å². The predicted molar refractivity (Wildman–Crippen MR) is 101 cm³/mol. The first kappa shape index (κ1) is 16.9. The first-order chi connectivity index (χ1) is 10.1. The number of halogens is 2. The van der Waals surface area contributed by atoms with Crippen molar-refractivity contribution in [1.82, 2.24) is 10.3 Å². The Morgan fingerprint density at radius 1 is 1.24 bits per heavy atom. The van der Waals surface area contributed by atoms with Crippen LogP contribution in [0.3, 0.4) is 0 Å². The van der Waals surface area contributed by atoms with E-state index in [1.807, 2.05) is 12.4 Å². The predicted octanol–water partition coefficient (Wildman–Crippen LogP) is 5.29. The standard InChI is InChI=1S/C17H20BrIN2/c1-3-8-21-17(12(2)13-6-9-20-10-7-13)15-11-14(19)4-5-16(15)18/h4-7,9-12,17,21H,3,8H2,1-2H3. The van der Waals surface area contributed by atoms with E-state index < -0.39 is 0 Å². The summed E-state index contributed by atoms with van der Waals surface area (Å²) in [4.78, 5) is 4.12. The lowest BCUT2D eigenvalue weighted by Crippen LogP contribution is -2.27. The van der Waals surface area contributed by atoms with Crippen LogP contribution in [-0.4, -0.2) is 11.5 Å². The summed E-state index contributed by atoms with van der Waals surface area (Å²) < 4.78 is 2.42. The van der Waals surface area contributed by atoms with Gasteiger partial charge in [0.1, 0.15) is 0 Å². The second kappa shape index (κ2) is 8.25. The third kappa shape index (κ3) is 4.50. The lowest BCUT2D eigenvalue weighted by molar-refractivity contribution is 0.464. The number of rotatable bonds is 6. The maximum Gasteiger partial charge on any atom is 0.0398 e. The first-order valence-electron chi connectivity index (χ1n) is 7.21. The van der Waals surface area contributed by atoms with E-state index >= 15 is 0 Å². The van der Waals surface area contributed by atoms with Gasteiger partial charge in [0, 0.05) is 32.4 Å². The first-order valence-corrected chi connectivity index (χ1v) is 9.09. The van der Waals surface area contributed by atoms with Gasteiger partial charge in [-0.05, 0) is 77.0 Å². The van der Waals surface area contributed by atoms with Crippen LogP contribution >= 0.6 is 38.5 Å². The molecule has 2 atom stereocenters. The summed E-state index contributed by atoms with van der Waals surface area (Å²) in [5.41, 5.74) is 2.63.